The summed E-state index contributed by atoms with van der Waals surface area (Å²) in [5, 5.41) is 14.9. The Bertz CT molecular complexity index is 1080. The van der Waals surface area contributed by atoms with Crippen molar-refractivity contribution in [2.45, 2.75) is 37.3 Å². The Labute approximate surface area is 197 Å². The second-order valence-corrected chi connectivity index (χ2v) is 9.49. The van der Waals surface area contributed by atoms with Crippen LogP contribution in [0.1, 0.15) is 36.8 Å². The van der Waals surface area contributed by atoms with Gasteiger partial charge in [0, 0.05) is 5.92 Å². The number of ether oxygens (including phenoxy) is 2. The van der Waals surface area contributed by atoms with Crippen LogP contribution in [0.4, 0.5) is 4.79 Å². The number of hydrogen-bond acceptors (Lipinski definition) is 5. The van der Waals surface area contributed by atoms with E-state index in [1.54, 1.807) is 6.92 Å². The molecular weight excluding hydrogens is 436 g/mol. The van der Waals surface area contributed by atoms with Gasteiger partial charge in [0.1, 0.15) is 18.1 Å². The van der Waals surface area contributed by atoms with E-state index in [2.05, 4.69) is 22.8 Å². The minimum absolute atomic E-state index is 0.0291. The maximum atomic E-state index is 13.2. The van der Waals surface area contributed by atoms with Gasteiger partial charge in [0.2, 0.25) is 5.91 Å². The fourth-order valence-corrected chi connectivity index (χ4v) is 5.11. The van der Waals surface area contributed by atoms with Crippen molar-refractivity contribution in [2.75, 3.05) is 19.8 Å². The fraction of sp³-hybridized carbons (Fsp3) is 0.423. The standard InChI is InChI=1S/C26H28N2O6/c1-26(15-10-11-15,24(31)27-22-14-33-12-21(22)23(29)30)28-25(32)34-13-20-18-8-4-2-6-16(18)17-7-3-5-9-19(17)20/h2-9,15,20-22H,10-14H2,1H3,(H,27,31)(H,28,32)(H,29,30). The summed E-state index contributed by atoms with van der Waals surface area (Å²) in [4.78, 5) is 37.5. The molecule has 3 N–H and O–H groups in total. The summed E-state index contributed by atoms with van der Waals surface area (Å²) in [7, 11) is 0. The quantitative estimate of drug-likeness (QED) is 0.581. The maximum absolute atomic E-state index is 13.2. The average molecular weight is 465 g/mol. The largest absolute Gasteiger partial charge is 0.481 e. The van der Waals surface area contributed by atoms with E-state index in [9.17, 15) is 19.5 Å². The highest BCUT2D eigenvalue weighted by Crippen LogP contribution is 2.44. The second-order valence-electron chi connectivity index (χ2n) is 9.49. The molecule has 2 aromatic rings. The topological polar surface area (TPSA) is 114 Å². The number of carbonyl (C=O) groups is 3. The summed E-state index contributed by atoms with van der Waals surface area (Å²) in [5.74, 6) is -2.34. The van der Waals surface area contributed by atoms with E-state index in [4.69, 9.17) is 9.47 Å². The van der Waals surface area contributed by atoms with E-state index in [0.29, 0.717) is 0 Å². The third kappa shape index (κ3) is 4.03. The summed E-state index contributed by atoms with van der Waals surface area (Å²) in [6.45, 7) is 2.02. The van der Waals surface area contributed by atoms with Crippen molar-refractivity contribution < 1.29 is 29.0 Å². The van der Waals surface area contributed by atoms with E-state index >= 15 is 0 Å². The van der Waals surface area contributed by atoms with Gasteiger partial charge in [-0.05, 0) is 47.9 Å². The molecule has 178 valence electrons. The number of amides is 2. The summed E-state index contributed by atoms with van der Waals surface area (Å²) >= 11 is 0. The van der Waals surface area contributed by atoms with Crippen molar-refractivity contribution in [1.82, 2.24) is 10.6 Å². The van der Waals surface area contributed by atoms with Crippen molar-refractivity contribution in [1.29, 1.82) is 0 Å². The van der Waals surface area contributed by atoms with Gasteiger partial charge in [0.05, 0.1) is 19.3 Å². The average Bonchev–Trinajstić information content (AvgIpc) is 3.51. The van der Waals surface area contributed by atoms with Crippen molar-refractivity contribution in [3.05, 3.63) is 59.7 Å². The summed E-state index contributed by atoms with van der Waals surface area (Å²) in [5.41, 5.74) is 3.32. The minimum Gasteiger partial charge on any atom is -0.481 e. The lowest BCUT2D eigenvalue weighted by Gasteiger charge is -2.31. The monoisotopic (exact) mass is 464 g/mol. The molecule has 1 aliphatic heterocycles. The Morgan fingerprint density at radius 2 is 1.65 bits per heavy atom. The molecule has 3 atom stereocenters. The molecule has 3 aliphatic rings. The van der Waals surface area contributed by atoms with Crippen LogP contribution in [0.2, 0.25) is 0 Å². The van der Waals surface area contributed by atoms with Crippen LogP contribution < -0.4 is 10.6 Å². The van der Waals surface area contributed by atoms with E-state index in [0.717, 1.165) is 35.1 Å². The fourth-order valence-electron chi connectivity index (χ4n) is 5.11. The van der Waals surface area contributed by atoms with E-state index in [-0.39, 0.29) is 31.7 Å². The number of alkyl carbamates (subject to hydrolysis) is 1. The predicted molar refractivity (Wildman–Crippen MR) is 123 cm³/mol. The zero-order chi connectivity index (χ0) is 23.9. The molecule has 5 rings (SSSR count). The number of nitrogens with one attached hydrogen (secondary N) is 2. The minimum atomic E-state index is -1.19. The first-order valence-electron chi connectivity index (χ1n) is 11.6. The Hall–Kier alpha value is -3.39. The van der Waals surface area contributed by atoms with E-state index in [1.807, 2.05) is 36.4 Å². The number of carbonyl (C=O) groups excluding carboxylic acids is 2. The van der Waals surface area contributed by atoms with Crippen LogP contribution >= 0.6 is 0 Å². The number of carboxylic acids is 1. The van der Waals surface area contributed by atoms with Gasteiger partial charge in [0.15, 0.2) is 0 Å². The third-order valence-electron chi connectivity index (χ3n) is 7.29. The summed E-state index contributed by atoms with van der Waals surface area (Å²) < 4.78 is 10.9. The van der Waals surface area contributed by atoms with Crippen molar-refractivity contribution >= 4 is 18.0 Å². The van der Waals surface area contributed by atoms with Crippen LogP contribution in [0, 0.1) is 11.8 Å². The van der Waals surface area contributed by atoms with Crippen molar-refractivity contribution in [3.8, 4) is 11.1 Å². The second kappa shape index (κ2) is 8.76. The highest BCUT2D eigenvalue weighted by Gasteiger charge is 2.50. The predicted octanol–water partition coefficient (Wildman–Crippen LogP) is 2.91. The molecule has 8 heteroatoms. The van der Waals surface area contributed by atoms with Crippen molar-refractivity contribution in [2.24, 2.45) is 11.8 Å². The van der Waals surface area contributed by atoms with Gasteiger partial charge in [-0.2, -0.15) is 0 Å². The maximum Gasteiger partial charge on any atom is 0.408 e. The molecule has 2 aromatic carbocycles. The molecule has 0 spiro atoms. The van der Waals surface area contributed by atoms with Crippen LogP contribution in [0.5, 0.6) is 0 Å². The Balaban J connectivity index is 1.26. The lowest BCUT2D eigenvalue weighted by Crippen LogP contribution is -2.61. The number of fused-ring (bicyclic) bond motifs is 3. The molecule has 3 unspecified atom stereocenters. The molecule has 1 saturated heterocycles. The molecule has 2 fully saturated rings. The smallest absolute Gasteiger partial charge is 0.408 e. The highest BCUT2D eigenvalue weighted by molar-refractivity contribution is 5.91. The highest BCUT2D eigenvalue weighted by atomic mass is 16.5. The van der Waals surface area contributed by atoms with Gasteiger partial charge in [0.25, 0.3) is 0 Å². The van der Waals surface area contributed by atoms with Gasteiger partial charge in [-0.1, -0.05) is 48.5 Å². The van der Waals surface area contributed by atoms with Gasteiger partial charge >= 0.3 is 12.1 Å². The number of hydrogen-bond donors (Lipinski definition) is 3. The van der Waals surface area contributed by atoms with E-state index in [1.165, 1.54) is 0 Å². The zero-order valence-electron chi connectivity index (χ0n) is 19.0. The number of benzene rings is 2. The van der Waals surface area contributed by atoms with Crippen LogP contribution in [-0.4, -0.2) is 54.5 Å². The first kappa shape index (κ1) is 22.4. The van der Waals surface area contributed by atoms with Crippen molar-refractivity contribution in [3.63, 3.8) is 0 Å². The Morgan fingerprint density at radius 1 is 1.03 bits per heavy atom. The normalized spacial score (nSPS) is 22.9. The number of rotatable bonds is 7. The molecule has 34 heavy (non-hydrogen) atoms. The summed E-state index contributed by atoms with van der Waals surface area (Å²) in [6, 6.07) is 15.5. The molecule has 1 saturated carbocycles. The summed E-state index contributed by atoms with van der Waals surface area (Å²) in [6.07, 6.45) is 0.942. The molecule has 0 aromatic heterocycles. The van der Waals surface area contributed by atoms with Gasteiger partial charge in [-0.15, -0.1) is 0 Å². The van der Waals surface area contributed by atoms with Crippen LogP contribution in [0.15, 0.2) is 48.5 Å². The number of carboxylic acid groups (broad SMARTS) is 1. The SMILES string of the molecule is CC(NC(=O)OCC1c2ccccc2-c2ccccc21)(C(=O)NC1COCC1C(=O)O)C1CC1. The molecule has 0 bridgehead atoms. The van der Waals surface area contributed by atoms with Crippen LogP contribution in [0.25, 0.3) is 11.1 Å². The first-order chi connectivity index (χ1) is 16.4. The zero-order valence-corrected chi connectivity index (χ0v) is 19.0. The lowest BCUT2D eigenvalue weighted by molar-refractivity contribution is -0.142. The van der Waals surface area contributed by atoms with Gasteiger partial charge in [-0.3, -0.25) is 9.59 Å². The lowest BCUT2D eigenvalue weighted by atomic mass is 9.93. The molecule has 0 radical (unpaired) electrons. The van der Waals surface area contributed by atoms with Crippen LogP contribution in [0.3, 0.4) is 0 Å². The molecule has 2 amide bonds. The Kier molecular flexibility index (Phi) is 5.77. The first-order valence-corrected chi connectivity index (χ1v) is 11.6. The molecular formula is C26H28N2O6. The molecule has 1 heterocycles. The number of aliphatic carboxylic acids is 1. The van der Waals surface area contributed by atoms with E-state index < -0.39 is 35.5 Å². The van der Waals surface area contributed by atoms with Gasteiger partial charge < -0.3 is 25.2 Å². The third-order valence-corrected chi connectivity index (χ3v) is 7.29. The van der Waals surface area contributed by atoms with Gasteiger partial charge in [-0.25, -0.2) is 4.79 Å². The molecule has 2 aliphatic carbocycles. The Morgan fingerprint density at radius 3 is 2.24 bits per heavy atom. The molecule has 8 nitrogen and oxygen atoms in total. The van der Waals surface area contributed by atoms with Crippen LogP contribution in [-0.2, 0) is 19.1 Å².